The molecular formula is C19H13F3N2O. The molecule has 0 aliphatic rings. The summed E-state index contributed by atoms with van der Waals surface area (Å²) in [6.07, 6.45) is -3.01. The van der Waals surface area contributed by atoms with Gasteiger partial charge in [0.25, 0.3) is 5.91 Å². The number of aromatic nitrogens is 1. The van der Waals surface area contributed by atoms with E-state index < -0.39 is 17.6 Å². The van der Waals surface area contributed by atoms with Crippen LogP contribution in [0.25, 0.3) is 22.3 Å². The van der Waals surface area contributed by atoms with Crippen LogP contribution >= 0.6 is 0 Å². The second kappa shape index (κ2) is 6.39. The molecule has 0 radical (unpaired) electrons. The van der Waals surface area contributed by atoms with Gasteiger partial charge in [0.1, 0.15) is 5.69 Å². The van der Waals surface area contributed by atoms with Gasteiger partial charge in [0.05, 0.1) is 5.56 Å². The number of carbonyl (C=O) groups is 1. The Bertz CT molecular complexity index is 936. The topological polar surface area (TPSA) is 56.0 Å². The number of amides is 1. The van der Waals surface area contributed by atoms with E-state index >= 15 is 0 Å². The number of primary amides is 1. The van der Waals surface area contributed by atoms with E-state index in [0.29, 0.717) is 16.7 Å². The molecule has 1 aromatic heterocycles. The van der Waals surface area contributed by atoms with Crippen molar-refractivity contribution in [1.29, 1.82) is 0 Å². The molecule has 3 rings (SSSR count). The number of halogens is 3. The smallest absolute Gasteiger partial charge is 0.364 e. The van der Waals surface area contributed by atoms with Crippen molar-refractivity contribution >= 4 is 5.91 Å². The number of nitrogens with two attached hydrogens (primary N) is 1. The second-order valence-electron chi connectivity index (χ2n) is 5.42. The summed E-state index contributed by atoms with van der Waals surface area (Å²) < 4.78 is 39.7. The van der Waals surface area contributed by atoms with Crippen LogP contribution in [0.4, 0.5) is 13.2 Å². The predicted octanol–water partition coefficient (Wildman–Crippen LogP) is 4.53. The highest BCUT2D eigenvalue weighted by molar-refractivity contribution is 5.92. The minimum atomic E-state index is -4.44. The molecule has 3 nitrogen and oxygen atoms in total. The van der Waals surface area contributed by atoms with E-state index in [-0.39, 0.29) is 11.3 Å². The Balaban J connectivity index is 2.10. The molecule has 0 bridgehead atoms. The number of benzene rings is 2. The van der Waals surface area contributed by atoms with Crippen molar-refractivity contribution in [2.75, 3.05) is 0 Å². The van der Waals surface area contributed by atoms with Gasteiger partial charge in [-0.3, -0.25) is 9.78 Å². The zero-order chi connectivity index (χ0) is 18.0. The Hall–Kier alpha value is -3.15. The van der Waals surface area contributed by atoms with Gasteiger partial charge in [0, 0.05) is 6.20 Å². The summed E-state index contributed by atoms with van der Waals surface area (Å²) in [5.41, 5.74) is 6.47. The van der Waals surface area contributed by atoms with Crippen molar-refractivity contribution in [3.8, 4) is 22.3 Å². The molecular weight excluding hydrogens is 329 g/mol. The molecule has 6 heteroatoms. The van der Waals surface area contributed by atoms with Gasteiger partial charge in [0.2, 0.25) is 0 Å². The van der Waals surface area contributed by atoms with Crippen molar-refractivity contribution in [1.82, 2.24) is 4.98 Å². The Labute approximate surface area is 141 Å². The lowest BCUT2D eigenvalue weighted by molar-refractivity contribution is -0.137. The Morgan fingerprint density at radius 2 is 1.56 bits per heavy atom. The number of carbonyl (C=O) groups excluding carboxylic acids is 1. The highest BCUT2D eigenvalue weighted by Crippen LogP contribution is 2.37. The minimum absolute atomic E-state index is 0.0959. The number of pyridine rings is 1. The van der Waals surface area contributed by atoms with E-state index in [0.717, 1.165) is 6.07 Å². The molecule has 0 saturated carbocycles. The zero-order valence-corrected chi connectivity index (χ0v) is 12.9. The Morgan fingerprint density at radius 1 is 0.880 bits per heavy atom. The van der Waals surface area contributed by atoms with Crippen molar-refractivity contribution < 1.29 is 18.0 Å². The summed E-state index contributed by atoms with van der Waals surface area (Å²) in [6, 6.07) is 15.3. The van der Waals surface area contributed by atoms with Crippen molar-refractivity contribution in [3.63, 3.8) is 0 Å². The van der Waals surface area contributed by atoms with Gasteiger partial charge in [-0.05, 0) is 46.5 Å². The third-order valence-corrected chi connectivity index (χ3v) is 3.75. The maximum atomic E-state index is 13.2. The molecule has 0 atom stereocenters. The molecule has 0 saturated heterocycles. The van der Waals surface area contributed by atoms with Crippen LogP contribution in [0.5, 0.6) is 0 Å². The Morgan fingerprint density at radius 3 is 2.28 bits per heavy atom. The first-order chi connectivity index (χ1) is 11.9. The summed E-state index contributed by atoms with van der Waals surface area (Å²) in [6.45, 7) is 0. The van der Waals surface area contributed by atoms with Crippen LogP contribution in [0.2, 0.25) is 0 Å². The van der Waals surface area contributed by atoms with Crippen LogP contribution in [-0.4, -0.2) is 10.9 Å². The van der Waals surface area contributed by atoms with Crippen molar-refractivity contribution in [3.05, 3.63) is 78.1 Å². The molecule has 0 fully saturated rings. The lowest BCUT2D eigenvalue weighted by Crippen LogP contribution is -2.12. The number of hydrogen-bond acceptors (Lipinski definition) is 2. The summed E-state index contributed by atoms with van der Waals surface area (Å²) in [5, 5.41) is 0. The van der Waals surface area contributed by atoms with Gasteiger partial charge >= 0.3 is 6.18 Å². The number of nitrogens with zero attached hydrogens (tertiary/aromatic N) is 1. The first kappa shape index (κ1) is 16.7. The third-order valence-electron chi connectivity index (χ3n) is 3.75. The maximum Gasteiger partial charge on any atom is 0.417 e. The normalized spacial score (nSPS) is 11.3. The second-order valence-corrected chi connectivity index (χ2v) is 5.42. The lowest BCUT2D eigenvalue weighted by atomic mass is 9.96. The molecule has 126 valence electrons. The number of alkyl halides is 3. The average molecular weight is 342 g/mol. The monoisotopic (exact) mass is 342 g/mol. The molecule has 0 unspecified atom stereocenters. The summed E-state index contributed by atoms with van der Waals surface area (Å²) in [4.78, 5) is 15.1. The van der Waals surface area contributed by atoms with E-state index in [1.165, 1.54) is 24.4 Å². The molecule has 1 amide bonds. The molecule has 2 N–H and O–H groups in total. The van der Waals surface area contributed by atoms with Crippen LogP contribution in [0, 0.1) is 0 Å². The van der Waals surface area contributed by atoms with Gasteiger partial charge in [-0.15, -0.1) is 0 Å². The van der Waals surface area contributed by atoms with Gasteiger partial charge in [-0.2, -0.15) is 13.2 Å². The molecule has 3 aromatic rings. The quantitative estimate of drug-likeness (QED) is 0.760. The maximum absolute atomic E-state index is 13.2. The minimum Gasteiger partial charge on any atom is -0.364 e. The van der Waals surface area contributed by atoms with Crippen LogP contribution < -0.4 is 5.73 Å². The fourth-order valence-corrected chi connectivity index (χ4v) is 2.59. The van der Waals surface area contributed by atoms with E-state index in [9.17, 15) is 18.0 Å². The largest absolute Gasteiger partial charge is 0.417 e. The first-order valence-electron chi connectivity index (χ1n) is 7.39. The van der Waals surface area contributed by atoms with Gasteiger partial charge < -0.3 is 5.73 Å². The van der Waals surface area contributed by atoms with Crippen LogP contribution in [0.3, 0.4) is 0 Å². The lowest BCUT2D eigenvalue weighted by Gasteiger charge is -2.13. The summed E-state index contributed by atoms with van der Waals surface area (Å²) in [5.74, 6) is -0.666. The SMILES string of the molecule is NC(=O)c1cc(-c2cccc(-c3ccccc3C(F)(F)F)c2)ccn1. The Kier molecular flexibility index (Phi) is 4.27. The van der Waals surface area contributed by atoms with E-state index in [1.54, 1.807) is 36.4 Å². The predicted molar refractivity (Wildman–Crippen MR) is 88.6 cm³/mol. The van der Waals surface area contributed by atoms with Crippen molar-refractivity contribution in [2.45, 2.75) is 6.18 Å². The van der Waals surface area contributed by atoms with Crippen molar-refractivity contribution in [2.24, 2.45) is 5.73 Å². The van der Waals surface area contributed by atoms with E-state index in [2.05, 4.69) is 4.98 Å². The fourth-order valence-electron chi connectivity index (χ4n) is 2.59. The van der Waals surface area contributed by atoms with E-state index in [1.807, 2.05) is 0 Å². The number of hydrogen-bond donors (Lipinski definition) is 1. The van der Waals surface area contributed by atoms with Gasteiger partial charge in [-0.25, -0.2) is 0 Å². The first-order valence-corrected chi connectivity index (χ1v) is 7.39. The standard InChI is InChI=1S/C19H13F3N2O/c20-19(21,22)16-7-2-1-6-15(16)14-5-3-4-12(10-14)13-8-9-24-17(11-13)18(23)25/h1-11H,(H2,23,25). The molecule has 0 aliphatic carbocycles. The molecule has 0 spiro atoms. The van der Waals surface area contributed by atoms with Crippen LogP contribution in [0.15, 0.2) is 66.9 Å². The highest BCUT2D eigenvalue weighted by Gasteiger charge is 2.33. The van der Waals surface area contributed by atoms with Crippen LogP contribution in [-0.2, 0) is 6.18 Å². The average Bonchev–Trinajstić information content (AvgIpc) is 2.61. The van der Waals surface area contributed by atoms with Gasteiger partial charge in [-0.1, -0.05) is 36.4 Å². The molecule has 0 aliphatic heterocycles. The highest BCUT2D eigenvalue weighted by atomic mass is 19.4. The molecule has 25 heavy (non-hydrogen) atoms. The molecule has 2 aromatic carbocycles. The number of rotatable bonds is 3. The zero-order valence-electron chi connectivity index (χ0n) is 12.9. The van der Waals surface area contributed by atoms with E-state index in [4.69, 9.17) is 5.73 Å². The third kappa shape index (κ3) is 3.52. The molecule has 1 heterocycles. The van der Waals surface area contributed by atoms with Gasteiger partial charge in [0.15, 0.2) is 0 Å². The fraction of sp³-hybridized carbons (Fsp3) is 0.0526. The van der Waals surface area contributed by atoms with Crippen LogP contribution in [0.1, 0.15) is 16.1 Å². The summed E-state index contributed by atoms with van der Waals surface area (Å²) >= 11 is 0. The summed E-state index contributed by atoms with van der Waals surface area (Å²) in [7, 11) is 0.